The second-order valence-corrected chi connectivity index (χ2v) is 6.91. The summed E-state index contributed by atoms with van der Waals surface area (Å²) in [6.45, 7) is 1.85. The predicted octanol–water partition coefficient (Wildman–Crippen LogP) is 1.47. The number of likely N-dealkylation sites (tertiary alicyclic amines) is 1. The van der Waals surface area contributed by atoms with Crippen molar-refractivity contribution in [1.82, 2.24) is 9.80 Å². The van der Waals surface area contributed by atoms with Crippen molar-refractivity contribution in [2.24, 2.45) is 0 Å². The van der Waals surface area contributed by atoms with Crippen LogP contribution in [0.5, 0.6) is 0 Å². The molecule has 1 aliphatic heterocycles. The van der Waals surface area contributed by atoms with Crippen LogP contribution >= 0.6 is 22.6 Å². The molecule has 1 saturated heterocycles. The van der Waals surface area contributed by atoms with Crippen molar-refractivity contribution in [3.63, 3.8) is 0 Å². The van der Waals surface area contributed by atoms with Crippen molar-refractivity contribution in [3.8, 4) is 0 Å². The van der Waals surface area contributed by atoms with E-state index in [1.165, 1.54) is 0 Å². The van der Waals surface area contributed by atoms with E-state index in [2.05, 4.69) is 32.4 Å². The second-order valence-electron chi connectivity index (χ2n) is 5.67. The van der Waals surface area contributed by atoms with Crippen LogP contribution in [0.25, 0.3) is 0 Å². The lowest BCUT2D eigenvalue weighted by molar-refractivity contribution is 0.0902. The van der Waals surface area contributed by atoms with E-state index in [0.29, 0.717) is 13.1 Å². The van der Waals surface area contributed by atoms with Gasteiger partial charge in [0, 0.05) is 28.3 Å². The fourth-order valence-electron chi connectivity index (χ4n) is 2.67. The maximum Gasteiger partial charge on any atom is 0.176 e. The number of carbonyl (C=O) groups excluding carboxylic acids is 1. The number of aliphatic hydroxyl groups excluding tert-OH is 1. The molecule has 4 nitrogen and oxygen atoms in total. The number of rotatable bonds is 5. The number of nitrogens with zero attached hydrogens (tertiary/aromatic N) is 2. The highest BCUT2D eigenvalue weighted by Crippen LogP contribution is 2.19. The zero-order valence-corrected chi connectivity index (χ0v) is 14.1. The highest BCUT2D eigenvalue weighted by atomic mass is 127. The van der Waals surface area contributed by atoms with Gasteiger partial charge in [0.2, 0.25) is 0 Å². The summed E-state index contributed by atoms with van der Waals surface area (Å²) in [5.41, 5.74) is 0.746. The van der Waals surface area contributed by atoms with Crippen molar-refractivity contribution in [1.29, 1.82) is 0 Å². The van der Waals surface area contributed by atoms with Gasteiger partial charge in [-0.05, 0) is 55.2 Å². The molecule has 0 spiro atoms. The standard InChI is InChI=1S/C15H21IN2O2/c1-17(2)8-13-7-14(19)9-18(13)10-15(20)11-3-5-12(16)6-4-11/h3-6,13-14,19H,7-10H2,1-2H3. The van der Waals surface area contributed by atoms with Gasteiger partial charge in [-0.2, -0.15) is 0 Å². The molecule has 1 aromatic carbocycles. The summed E-state index contributed by atoms with van der Waals surface area (Å²) in [7, 11) is 4.04. The molecule has 0 amide bonds. The Kier molecular flexibility index (Phi) is 5.54. The Morgan fingerprint density at radius 3 is 2.65 bits per heavy atom. The summed E-state index contributed by atoms with van der Waals surface area (Å²) in [4.78, 5) is 16.5. The number of hydrogen-bond acceptors (Lipinski definition) is 4. The molecule has 1 N–H and O–H groups in total. The smallest absolute Gasteiger partial charge is 0.176 e. The molecule has 1 aromatic rings. The van der Waals surface area contributed by atoms with Gasteiger partial charge in [0.05, 0.1) is 12.6 Å². The molecule has 0 bridgehead atoms. The monoisotopic (exact) mass is 388 g/mol. The van der Waals surface area contributed by atoms with E-state index in [1.807, 2.05) is 38.4 Å². The van der Waals surface area contributed by atoms with Gasteiger partial charge in [0.1, 0.15) is 0 Å². The summed E-state index contributed by atoms with van der Waals surface area (Å²) < 4.78 is 1.13. The van der Waals surface area contributed by atoms with Crippen molar-refractivity contribution in [3.05, 3.63) is 33.4 Å². The Hall–Kier alpha value is -0.500. The van der Waals surface area contributed by atoms with Crippen LogP contribution in [0.3, 0.4) is 0 Å². The van der Waals surface area contributed by atoms with E-state index in [1.54, 1.807) is 0 Å². The van der Waals surface area contributed by atoms with Crippen molar-refractivity contribution < 1.29 is 9.90 Å². The van der Waals surface area contributed by atoms with Gasteiger partial charge in [-0.1, -0.05) is 12.1 Å². The molecule has 0 aromatic heterocycles. The maximum absolute atomic E-state index is 12.3. The first-order valence-electron chi connectivity index (χ1n) is 6.81. The number of ketones is 1. The number of hydrogen-bond donors (Lipinski definition) is 1. The zero-order chi connectivity index (χ0) is 14.7. The van der Waals surface area contributed by atoms with Gasteiger partial charge in [-0.15, -0.1) is 0 Å². The number of Topliss-reactive ketones (excluding diaryl/α,β-unsaturated/α-hetero) is 1. The Morgan fingerprint density at radius 2 is 2.05 bits per heavy atom. The van der Waals surface area contributed by atoms with Crippen molar-refractivity contribution in [2.75, 3.05) is 33.7 Å². The molecule has 5 heteroatoms. The highest BCUT2D eigenvalue weighted by molar-refractivity contribution is 14.1. The summed E-state index contributed by atoms with van der Waals surface area (Å²) in [6.07, 6.45) is 0.433. The van der Waals surface area contributed by atoms with E-state index in [4.69, 9.17) is 0 Å². The molecular formula is C15H21IN2O2. The molecule has 1 aliphatic rings. The van der Waals surface area contributed by atoms with Crippen molar-refractivity contribution in [2.45, 2.75) is 18.6 Å². The van der Waals surface area contributed by atoms with E-state index < -0.39 is 0 Å². The van der Waals surface area contributed by atoms with E-state index in [9.17, 15) is 9.90 Å². The molecule has 110 valence electrons. The molecule has 2 unspecified atom stereocenters. The van der Waals surface area contributed by atoms with E-state index >= 15 is 0 Å². The largest absolute Gasteiger partial charge is 0.392 e. The molecule has 1 fully saturated rings. The first-order valence-corrected chi connectivity index (χ1v) is 7.89. The molecule has 0 saturated carbocycles. The first kappa shape index (κ1) is 15.9. The van der Waals surface area contributed by atoms with Gasteiger partial charge >= 0.3 is 0 Å². The minimum atomic E-state index is -0.315. The van der Waals surface area contributed by atoms with Crippen LogP contribution in [-0.2, 0) is 0 Å². The summed E-state index contributed by atoms with van der Waals surface area (Å²) in [5, 5.41) is 9.83. The zero-order valence-electron chi connectivity index (χ0n) is 11.9. The van der Waals surface area contributed by atoms with Crippen LogP contribution < -0.4 is 0 Å². The predicted molar refractivity (Wildman–Crippen MR) is 88.0 cm³/mol. The maximum atomic E-state index is 12.3. The third-order valence-electron chi connectivity index (χ3n) is 3.59. The van der Waals surface area contributed by atoms with E-state index in [-0.39, 0.29) is 17.9 Å². The number of benzene rings is 1. The average molecular weight is 388 g/mol. The van der Waals surface area contributed by atoms with Crippen molar-refractivity contribution >= 4 is 28.4 Å². The van der Waals surface area contributed by atoms with Gasteiger partial charge in [0.15, 0.2) is 5.78 Å². The normalized spacial score (nSPS) is 23.4. The number of carbonyl (C=O) groups is 1. The van der Waals surface area contributed by atoms with Crippen LogP contribution in [0.4, 0.5) is 0 Å². The minimum Gasteiger partial charge on any atom is -0.392 e. The fourth-order valence-corrected chi connectivity index (χ4v) is 3.03. The number of β-amino-alcohol motifs (C(OH)–C–C–N with tert-alkyl or cyclic N) is 1. The SMILES string of the molecule is CN(C)CC1CC(O)CN1CC(=O)c1ccc(I)cc1. The first-order chi connectivity index (χ1) is 9.45. The Labute approximate surface area is 133 Å². The van der Waals surface area contributed by atoms with Crippen LogP contribution in [0.2, 0.25) is 0 Å². The Bertz CT molecular complexity index is 461. The third kappa shape index (κ3) is 4.25. The summed E-state index contributed by atoms with van der Waals surface area (Å²) in [5.74, 6) is 0.124. The van der Waals surface area contributed by atoms with Crippen LogP contribution in [0, 0.1) is 3.57 Å². The quantitative estimate of drug-likeness (QED) is 0.613. The third-order valence-corrected chi connectivity index (χ3v) is 4.31. The molecule has 2 atom stereocenters. The number of aliphatic hydroxyl groups is 1. The molecule has 0 aliphatic carbocycles. The molecule has 20 heavy (non-hydrogen) atoms. The van der Waals surface area contributed by atoms with Gasteiger partial charge in [0.25, 0.3) is 0 Å². The van der Waals surface area contributed by atoms with Crippen LogP contribution in [0.1, 0.15) is 16.8 Å². The summed E-state index contributed by atoms with van der Waals surface area (Å²) >= 11 is 2.23. The molecular weight excluding hydrogens is 367 g/mol. The van der Waals surface area contributed by atoms with Gasteiger partial charge < -0.3 is 10.0 Å². The minimum absolute atomic E-state index is 0.124. The Morgan fingerprint density at radius 1 is 1.40 bits per heavy atom. The lowest BCUT2D eigenvalue weighted by Gasteiger charge is -2.25. The number of halogens is 1. The fraction of sp³-hybridized carbons (Fsp3) is 0.533. The lowest BCUT2D eigenvalue weighted by Crippen LogP contribution is -2.40. The molecule has 0 radical (unpaired) electrons. The topological polar surface area (TPSA) is 43.8 Å². The highest BCUT2D eigenvalue weighted by Gasteiger charge is 2.32. The lowest BCUT2D eigenvalue weighted by atomic mass is 10.1. The molecule has 2 rings (SSSR count). The van der Waals surface area contributed by atoms with E-state index in [0.717, 1.165) is 22.1 Å². The van der Waals surface area contributed by atoms with Crippen LogP contribution in [0.15, 0.2) is 24.3 Å². The Balaban J connectivity index is 2.00. The summed E-state index contributed by atoms with van der Waals surface area (Å²) in [6, 6.07) is 7.90. The molecule has 1 heterocycles. The van der Waals surface area contributed by atoms with Gasteiger partial charge in [-0.3, -0.25) is 9.69 Å². The van der Waals surface area contributed by atoms with Crippen LogP contribution in [-0.4, -0.2) is 66.6 Å². The average Bonchev–Trinajstić information content (AvgIpc) is 2.69. The number of likely N-dealkylation sites (N-methyl/N-ethyl adjacent to an activating group) is 1. The second kappa shape index (κ2) is 6.98. The van der Waals surface area contributed by atoms with Gasteiger partial charge in [-0.25, -0.2) is 0 Å².